The number of rotatable bonds is 7. The molecule has 0 aliphatic carbocycles. The predicted octanol–water partition coefficient (Wildman–Crippen LogP) is 3.96. The molecule has 0 saturated carbocycles. The Balaban J connectivity index is 1.37. The molecule has 0 aromatic heterocycles. The fraction of sp³-hybridized carbons (Fsp3) is 0.609. The summed E-state index contributed by atoms with van der Waals surface area (Å²) in [4.78, 5) is 17.5. The fourth-order valence-corrected chi connectivity index (χ4v) is 4.94. The van der Waals surface area contributed by atoms with Gasteiger partial charge in [0.2, 0.25) is 5.91 Å². The third-order valence-electron chi connectivity index (χ3n) is 6.76. The Kier molecular flexibility index (Phi) is 5.50. The lowest BCUT2D eigenvalue weighted by Gasteiger charge is -2.48. The number of benzene rings is 1. The van der Waals surface area contributed by atoms with Crippen molar-refractivity contribution in [1.82, 2.24) is 9.80 Å². The maximum Gasteiger partial charge on any atom is 0.222 e. The first-order valence-corrected chi connectivity index (χ1v) is 10.6. The first-order valence-electron chi connectivity index (χ1n) is 10.6. The van der Waals surface area contributed by atoms with Crippen LogP contribution in [0.25, 0.3) is 0 Å². The van der Waals surface area contributed by atoms with E-state index in [1.165, 1.54) is 31.5 Å². The molecule has 3 aliphatic heterocycles. The van der Waals surface area contributed by atoms with Gasteiger partial charge in [-0.3, -0.25) is 9.69 Å². The Morgan fingerprint density at radius 3 is 2.32 bits per heavy atom. The minimum absolute atomic E-state index is 0.0870. The molecule has 0 spiro atoms. The molecule has 0 bridgehead atoms. The maximum absolute atomic E-state index is 12.8. The van der Waals surface area contributed by atoms with Crippen LogP contribution >= 0.6 is 0 Å². The molecule has 0 atom stereocenters. The average molecular weight is 379 g/mol. The van der Waals surface area contributed by atoms with E-state index in [9.17, 15) is 4.79 Å². The van der Waals surface area contributed by atoms with Gasteiger partial charge in [-0.05, 0) is 44.3 Å². The molecule has 28 heavy (non-hydrogen) atoms. The molecule has 1 amide bonds. The molecule has 3 heterocycles. The monoisotopic (exact) mass is 378 g/mol. The molecule has 5 heteroatoms. The van der Waals surface area contributed by atoms with Crippen LogP contribution in [0.2, 0.25) is 0 Å². The number of amides is 1. The second kappa shape index (κ2) is 8.05. The predicted molar refractivity (Wildman–Crippen MR) is 110 cm³/mol. The molecule has 3 aliphatic rings. The van der Waals surface area contributed by atoms with Crippen LogP contribution < -0.4 is 0 Å². The van der Waals surface area contributed by atoms with Crippen molar-refractivity contribution in [2.24, 2.45) is 10.2 Å². The summed E-state index contributed by atoms with van der Waals surface area (Å²) >= 11 is 0. The molecule has 0 radical (unpaired) electrons. The molecule has 1 aromatic rings. The standard InChI is InChI=1S/C23H30N4O/c1-2-3-12-23(24-25-23)13-11-21(28)26-18-14-22(15-19-26,27-16-7-8-17-27)20-9-5-4-6-10-20/h1,4-6,9-10H,3,7-8,11-19H2. The van der Waals surface area contributed by atoms with Crippen LogP contribution in [0.3, 0.4) is 0 Å². The second-order valence-electron chi connectivity index (χ2n) is 8.36. The zero-order valence-electron chi connectivity index (χ0n) is 16.6. The minimum atomic E-state index is -0.360. The number of hydrogen-bond acceptors (Lipinski definition) is 4. The molecular formula is C23H30N4O. The summed E-state index contributed by atoms with van der Waals surface area (Å²) in [7, 11) is 0. The smallest absolute Gasteiger partial charge is 0.222 e. The summed E-state index contributed by atoms with van der Waals surface area (Å²) in [6, 6.07) is 10.9. The lowest BCUT2D eigenvalue weighted by Crippen LogP contribution is -2.53. The van der Waals surface area contributed by atoms with E-state index >= 15 is 0 Å². The summed E-state index contributed by atoms with van der Waals surface area (Å²) in [5.74, 6) is 2.88. The highest BCUT2D eigenvalue weighted by Crippen LogP contribution is 2.41. The molecule has 2 saturated heterocycles. The van der Waals surface area contributed by atoms with Gasteiger partial charge in [-0.25, -0.2) is 0 Å². The van der Waals surface area contributed by atoms with Crippen molar-refractivity contribution in [3.05, 3.63) is 35.9 Å². The Hall–Kier alpha value is -2.19. The van der Waals surface area contributed by atoms with Gasteiger partial charge >= 0.3 is 0 Å². The number of nitrogens with zero attached hydrogens (tertiary/aromatic N) is 4. The zero-order chi connectivity index (χ0) is 19.5. The summed E-state index contributed by atoms with van der Waals surface area (Å²) in [5, 5.41) is 8.31. The number of hydrogen-bond donors (Lipinski definition) is 0. The van der Waals surface area contributed by atoms with Gasteiger partial charge in [0.1, 0.15) is 0 Å². The van der Waals surface area contributed by atoms with Crippen LogP contribution in [0.15, 0.2) is 40.6 Å². The van der Waals surface area contributed by atoms with Gasteiger partial charge in [0.25, 0.3) is 0 Å². The van der Waals surface area contributed by atoms with Gasteiger partial charge < -0.3 is 4.90 Å². The van der Waals surface area contributed by atoms with Crippen molar-refractivity contribution in [3.63, 3.8) is 0 Å². The maximum atomic E-state index is 12.8. The molecule has 1 aromatic carbocycles. The van der Waals surface area contributed by atoms with E-state index in [1.807, 2.05) is 0 Å². The minimum Gasteiger partial charge on any atom is -0.343 e. The molecule has 148 valence electrons. The van der Waals surface area contributed by atoms with Crippen LogP contribution in [0.4, 0.5) is 0 Å². The third-order valence-corrected chi connectivity index (χ3v) is 6.76. The summed E-state index contributed by atoms with van der Waals surface area (Å²) in [6.07, 6.45) is 12.6. The van der Waals surface area contributed by atoms with E-state index < -0.39 is 0 Å². The number of terminal acetylenes is 1. The van der Waals surface area contributed by atoms with E-state index in [2.05, 4.69) is 56.3 Å². The zero-order valence-corrected chi connectivity index (χ0v) is 16.6. The molecule has 5 nitrogen and oxygen atoms in total. The highest BCUT2D eigenvalue weighted by atomic mass is 16.2. The highest BCUT2D eigenvalue weighted by Gasteiger charge is 2.44. The first kappa shape index (κ1) is 19.1. The Morgan fingerprint density at radius 1 is 1.04 bits per heavy atom. The molecule has 0 unspecified atom stereocenters. The van der Waals surface area contributed by atoms with Gasteiger partial charge in [-0.1, -0.05) is 30.3 Å². The van der Waals surface area contributed by atoms with E-state index in [0.717, 1.165) is 32.4 Å². The number of likely N-dealkylation sites (tertiary alicyclic amines) is 2. The molecule has 2 fully saturated rings. The molecule has 0 N–H and O–H groups in total. The van der Waals surface area contributed by atoms with Crippen molar-refractivity contribution in [1.29, 1.82) is 0 Å². The van der Waals surface area contributed by atoms with E-state index in [0.29, 0.717) is 19.3 Å². The van der Waals surface area contributed by atoms with Gasteiger partial charge in [-0.15, -0.1) is 12.3 Å². The second-order valence-corrected chi connectivity index (χ2v) is 8.36. The van der Waals surface area contributed by atoms with Gasteiger partial charge in [-0.2, -0.15) is 10.2 Å². The Bertz CT molecular complexity index is 747. The van der Waals surface area contributed by atoms with Crippen molar-refractivity contribution < 1.29 is 4.79 Å². The highest BCUT2D eigenvalue weighted by molar-refractivity contribution is 5.76. The van der Waals surface area contributed by atoms with Crippen molar-refractivity contribution in [2.45, 2.75) is 62.6 Å². The van der Waals surface area contributed by atoms with E-state index in [4.69, 9.17) is 6.42 Å². The van der Waals surface area contributed by atoms with Gasteiger partial charge in [0.15, 0.2) is 5.66 Å². The Labute approximate surface area is 168 Å². The number of carbonyl (C=O) groups excluding carboxylic acids is 1. The average Bonchev–Trinajstić information content (AvgIpc) is 3.30. The van der Waals surface area contributed by atoms with Crippen LogP contribution in [-0.4, -0.2) is 47.5 Å². The normalized spacial score (nSPS) is 22.8. The summed E-state index contributed by atoms with van der Waals surface area (Å²) in [5.41, 5.74) is 1.14. The Morgan fingerprint density at radius 2 is 1.71 bits per heavy atom. The van der Waals surface area contributed by atoms with E-state index in [1.54, 1.807) is 0 Å². The first-order chi connectivity index (χ1) is 13.7. The third kappa shape index (κ3) is 3.84. The van der Waals surface area contributed by atoms with Crippen LogP contribution in [0.5, 0.6) is 0 Å². The number of piperidine rings is 1. The lowest BCUT2D eigenvalue weighted by atomic mass is 9.79. The largest absolute Gasteiger partial charge is 0.343 e. The van der Waals surface area contributed by atoms with Crippen LogP contribution in [0, 0.1) is 12.3 Å². The van der Waals surface area contributed by atoms with Crippen molar-refractivity contribution in [2.75, 3.05) is 26.2 Å². The lowest BCUT2D eigenvalue weighted by molar-refractivity contribution is -0.134. The van der Waals surface area contributed by atoms with Gasteiger partial charge in [0.05, 0.1) is 0 Å². The van der Waals surface area contributed by atoms with Crippen LogP contribution in [-0.2, 0) is 10.3 Å². The summed E-state index contributed by atoms with van der Waals surface area (Å²) < 4.78 is 0. The summed E-state index contributed by atoms with van der Waals surface area (Å²) in [6.45, 7) is 4.00. The van der Waals surface area contributed by atoms with E-state index in [-0.39, 0.29) is 17.1 Å². The topological polar surface area (TPSA) is 48.3 Å². The van der Waals surface area contributed by atoms with Crippen LogP contribution in [0.1, 0.15) is 56.9 Å². The van der Waals surface area contributed by atoms with Crippen molar-refractivity contribution >= 4 is 5.91 Å². The fourth-order valence-electron chi connectivity index (χ4n) is 4.94. The SMILES string of the molecule is C#CCCC1(CCC(=O)N2CCC(c3ccccc3)(N3CCCC3)CC2)N=N1. The quantitative estimate of drug-likeness (QED) is 0.675. The van der Waals surface area contributed by atoms with Crippen molar-refractivity contribution in [3.8, 4) is 12.3 Å². The molecular weight excluding hydrogens is 348 g/mol. The number of carbonyl (C=O) groups is 1. The molecule has 4 rings (SSSR count). The van der Waals surface area contributed by atoms with Gasteiger partial charge in [0, 0.05) is 44.3 Å².